The van der Waals surface area contributed by atoms with E-state index in [1.54, 1.807) is 30.5 Å². The minimum Gasteiger partial charge on any atom is -0.490 e. The van der Waals surface area contributed by atoms with E-state index in [0.717, 1.165) is 21.2 Å². The van der Waals surface area contributed by atoms with Crippen molar-refractivity contribution in [3.8, 4) is 11.5 Å². The number of hydrazone groups is 1. The van der Waals surface area contributed by atoms with Crippen molar-refractivity contribution in [3.63, 3.8) is 0 Å². The first-order chi connectivity index (χ1) is 15.4. The van der Waals surface area contributed by atoms with Crippen LogP contribution in [0.2, 0.25) is 10.0 Å². The molecular weight excluding hydrogens is 515 g/mol. The molecule has 0 saturated heterocycles. The van der Waals surface area contributed by atoms with E-state index in [0.29, 0.717) is 34.8 Å². The molecule has 0 unspecified atom stereocenters. The summed E-state index contributed by atoms with van der Waals surface area (Å²) in [5.74, 6) is 0.974. The molecule has 0 spiro atoms. The molecule has 0 fully saturated rings. The molecule has 5 nitrogen and oxygen atoms in total. The molecule has 3 rings (SSSR count). The van der Waals surface area contributed by atoms with E-state index in [9.17, 15) is 4.79 Å². The van der Waals surface area contributed by atoms with Crippen LogP contribution in [0.3, 0.4) is 0 Å². The quantitative estimate of drug-likeness (QED) is 0.254. The van der Waals surface area contributed by atoms with Gasteiger partial charge in [-0.25, -0.2) is 5.43 Å². The highest BCUT2D eigenvalue weighted by Gasteiger charge is 2.08. The zero-order valence-corrected chi connectivity index (χ0v) is 20.4. The smallest absolute Gasteiger partial charge is 0.244 e. The van der Waals surface area contributed by atoms with Crippen molar-refractivity contribution in [3.05, 3.63) is 91.9 Å². The lowest BCUT2D eigenvalue weighted by Crippen LogP contribution is -2.19. The third kappa shape index (κ3) is 7.26. The Kier molecular flexibility index (Phi) is 8.97. The van der Waals surface area contributed by atoms with E-state index in [1.165, 1.54) is 0 Å². The number of hydrogen-bond donors (Lipinski definition) is 1. The zero-order valence-electron chi connectivity index (χ0n) is 17.3. The van der Waals surface area contributed by atoms with Crippen molar-refractivity contribution in [1.29, 1.82) is 0 Å². The molecule has 1 amide bonds. The van der Waals surface area contributed by atoms with Crippen LogP contribution in [0.5, 0.6) is 11.5 Å². The van der Waals surface area contributed by atoms with Gasteiger partial charge < -0.3 is 9.47 Å². The molecule has 32 heavy (non-hydrogen) atoms. The third-order valence-electron chi connectivity index (χ3n) is 4.33. The molecule has 0 aliphatic carbocycles. The second-order valence-electron chi connectivity index (χ2n) is 6.77. The monoisotopic (exact) mass is 534 g/mol. The fourth-order valence-electron chi connectivity index (χ4n) is 2.79. The van der Waals surface area contributed by atoms with Gasteiger partial charge in [-0.1, -0.05) is 57.3 Å². The van der Waals surface area contributed by atoms with Gasteiger partial charge in [-0.2, -0.15) is 5.10 Å². The summed E-state index contributed by atoms with van der Waals surface area (Å²) in [4.78, 5) is 12.1. The van der Waals surface area contributed by atoms with E-state index >= 15 is 0 Å². The molecule has 3 aromatic rings. The average Bonchev–Trinajstić information content (AvgIpc) is 2.77. The first-order valence-corrected chi connectivity index (χ1v) is 11.4. The Morgan fingerprint density at radius 3 is 2.44 bits per heavy atom. The fourth-order valence-corrected chi connectivity index (χ4v) is 3.37. The van der Waals surface area contributed by atoms with E-state index in [2.05, 4.69) is 26.5 Å². The Balaban J connectivity index is 1.60. The average molecular weight is 536 g/mol. The van der Waals surface area contributed by atoms with Crippen LogP contribution in [-0.4, -0.2) is 18.7 Å². The van der Waals surface area contributed by atoms with E-state index < -0.39 is 0 Å². The van der Waals surface area contributed by atoms with Crippen LogP contribution in [0, 0.1) is 0 Å². The van der Waals surface area contributed by atoms with Crippen molar-refractivity contribution >= 4 is 51.3 Å². The summed E-state index contributed by atoms with van der Waals surface area (Å²) in [5.41, 5.74) is 5.10. The van der Waals surface area contributed by atoms with Crippen LogP contribution in [0.1, 0.15) is 23.6 Å². The van der Waals surface area contributed by atoms with Gasteiger partial charge in [0.2, 0.25) is 5.91 Å². The van der Waals surface area contributed by atoms with Gasteiger partial charge in [0.25, 0.3) is 0 Å². The molecule has 0 radical (unpaired) electrons. The minimum absolute atomic E-state index is 0.199. The maximum Gasteiger partial charge on any atom is 0.244 e. The van der Waals surface area contributed by atoms with Gasteiger partial charge >= 0.3 is 0 Å². The molecular formula is C24H21BrCl2N2O3. The van der Waals surface area contributed by atoms with Gasteiger partial charge in [0.1, 0.15) is 6.61 Å². The number of carbonyl (C=O) groups excluding carboxylic acids is 1. The van der Waals surface area contributed by atoms with Crippen molar-refractivity contribution in [2.45, 2.75) is 20.0 Å². The van der Waals surface area contributed by atoms with Crippen LogP contribution in [0.15, 0.2) is 70.2 Å². The number of carbonyl (C=O) groups is 1. The summed E-state index contributed by atoms with van der Waals surface area (Å²) in [7, 11) is 0. The number of amides is 1. The standard InChI is InChI=1S/C24H21BrCl2N2O3/c1-2-31-23-12-17(14-28-29-24(30)13-16-3-7-19(25)8-4-16)6-10-22(23)32-15-18-5-9-20(26)21(27)11-18/h3-12,14H,2,13,15H2,1H3,(H,29,30)/b28-14-. The van der Waals surface area contributed by atoms with Crippen LogP contribution in [0.4, 0.5) is 0 Å². The van der Waals surface area contributed by atoms with Crippen molar-refractivity contribution in [1.82, 2.24) is 5.43 Å². The van der Waals surface area contributed by atoms with Gasteiger partial charge in [0, 0.05) is 4.47 Å². The van der Waals surface area contributed by atoms with E-state index in [-0.39, 0.29) is 12.3 Å². The van der Waals surface area contributed by atoms with Crippen LogP contribution in [-0.2, 0) is 17.8 Å². The Morgan fingerprint density at radius 2 is 1.72 bits per heavy atom. The number of hydrogen-bond acceptors (Lipinski definition) is 4. The lowest BCUT2D eigenvalue weighted by molar-refractivity contribution is -0.120. The highest BCUT2D eigenvalue weighted by molar-refractivity contribution is 9.10. The van der Waals surface area contributed by atoms with Gasteiger partial charge in [-0.3, -0.25) is 4.79 Å². The van der Waals surface area contributed by atoms with Crippen molar-refractivity contribution < 1.29 is 14.3 Å². The van der Waals surface area contributed by atoms with Gasteiger partial charge in [-0.05, 0) is 66.1 Å². The molecule has 0 saturated carbocycles. The van der Waals surface area contributed by atoms with Crippen LogP contribution >= 0.6 is 39.1 Å². The Labute approximate surface area is 205 Å². The van der Waals surface area contributed by atoms with Crippen LogP contribution < -0.4 is 14.9 Å². The summed E-state index contributed by atoms with van der Waals surface area (Å²) in [6, 6.07) is 18.4. The maximum absolute atomic E-state index is 12.1. The largest absolute Gasteiger partial charge is 0.490 e. The second kappa shape index (κ2) is 11.9. The number of rotatable bonds is 9. The van der Waals surface area contributed by atoms with Gasteiger partial charge in [-0.15, -0.1) is 0 Å². The Morgan fingerprint density at radius 1 is 0.969 bits per heavy atom. The third-order valence-corrected chi connectivity index (χ3v) is 5.59. The highest BCUT2D eigenvalue weighted by atomic mass is 79.9. The molecule has 0 aromatic heterocycles. The predicted molar refractivity (Wildman–Crippen MR) is 132 cm³/mol. The zero-order chi connectivity index (χ0) is 22.9. The van der Waals surface area contributed by atoms with E-state index in [4.69, 9.17) is 32.7 Å². The molecule has 166 valence electrons. The lowest BCUT2D eigenvalue weighted by Gasteiger charge is -2.13. The summed E-state index contributed by atoms with van der Waals surface area (Å²) in [6.45, 7) is 2.69. The minimum atomic E-state index is -0.199. The summed E-state index contributed by atoms with van der Waals surface area (Å²) in [5, 5.41) is 5.02. The van der Waals surface area contributed by atoms with Gasteiger partial charge in [0.15, 0.2) is 11.5 Å². The molecule has 0 atom stereocenters. The van der Waals surface area contributed by atoms with Crippen molar-refractivity contribution in [2.24, 2.45) is 5.10 Å². The first-order valence-electron chi connectivity index (χ1n) is 9.84. The SMILES string of the molecule is CCOc1cc(/C=N\NC(=O)Cc2ccc(Br)cc2)ccc1OCc1ccc(Cl)c(Cl)c1. The molecule has 0 aliphatic heterocycles. The normalized spacial score (nSPS) is 10.9. The Bertz CT molecular complexity index is 1100. The molecule has 0 bridgehead atoms. The number of nitrogens with zero attached hydrogens (tertiary/aromatic N) is 1. The predicted octanol–water partition coefficient (Wildman–Crippen LogP) is 6.43. The molecule has 1 N–H and O–H groups in total. The first kappa shape index (κ1) is 24.1. The summed E-state index contributed by atoms with van der Waals surface area (Å²) in [6.07, 6.45) is 1.81. The fraction of sp³-hybridized carbons (Fsp3) is 0.167. The molecule has 8 heteroatoms. The Hall–Kier alpha value is -2.54. The summed E-state index contributed by atoms with van der Waals surface area (Å²) >= 11 is 15.4. The van der Waals surface area contributed by atoms with Gasteiger partial charge in [0.05, 0.1) is 29.3 Å². The van der Waals surface area contributed by atoms with Crippen molar-refractivity contribution in [2.75, 3.05) is 6.61 Å². The topological polar surface area (TPSA) is 59.9 Å². The maximum atomic E-state index is 12.1. The van der Waals surface area contributed by atoms with Crippen LogP contribution in [0.25, 0.3) is 0 Å². The molecule has 0 heterocycles. The highest BCUT2D eigenvalue weighted by Crippen LogP contribution is 2.30. The lowest BCUT2D eigenvalue weighted by atomic mass is 10.1. The van der Waals surface area contributed by atoms with E-state index in [1.807, 2.05) is 43.3 Å². The second-order valence-corrected chi connectivity index (χ2v) is 8.50. The molecule has 3 aromatic carbocycles. The number of nitrogens with one attached hydrogen (secondary N) is 1. The number of benzene rings is 3. The number of ether oxygens (including phenoxy) is 2. The molecule has 0 aliphatic rings. The summed E-state index contributed by atoms with van der Waals surface area (Å²) < 4.78 is 12.6. The number of halogens is 3.